The molecule has 0 radical (unpaired) electrons. The highest BCUT2D eigenvalue weighted by Gasteiger charge is 2.62. The largest absolute Gasteiger partial charge is 0.459 e. The van der Waals surface area contributed by atoms with Gasteiger partial charge >= 0.3 is 5.97 Å². The number of hydrogen-bond donors (Lipinski definition) is 2. The van der Waals surface area contributed by atoms with Crippen molar-refractivity contribution in [1.29, 1.82) is 0 Å². The molecule has 0 bridgehead atoms. The second-order valence-electron chi connectivity index (χ2n) is 9.08. The molecule has 5 heteroatoms. The lowest BCUT2D eigenvalue weighted by atomic mass is 9.49. The third-order valence-corrected chi connectivity index (χ3v) is 7.70. The molecule has 140 valence electrons. The fraction of sp³-hybridized carbons (Fsp3) is 0.850. The van der Waals surface area contributed by atoms with Crippen molar-refractivity contribution in [2.75, 3.05) is 6.61 Å². The lowest BCUT2D eigenvalue weighted by molar-refractivity contribution is -0.156. The average Bonchev–Trinajstić information content (AvgIpc) is 2.85. The minimum Gasteiger partial charge on any atom is -0.459 e. The molecule has 0 amide bonds. The lowest BCUT2D eigenvalue weighted by Gasteiger charge is -2.57. The number of aliphatic hydroxyl groups is 2. The Kier molecular flexibility index (Phi) is 4.06. The van der Waals surface area contributed by atoms with Gasteiger partial charge < -0.3 is 19.7 Å². The Morgan fingerprint density at radius 2 is 2.04 bits per heavy atom. The van der Waals surface area contributed by atoms with Gasteiger partial charge in [-0.05, 0) is 43.4 Å². The van der Waals surface area contributed by atoms with Crippen molar-refractivity contribution in [2.45, 2.75) is 77.3 Å². The molecule has 1 saturated heterocycles. The molecular formula is C20H30O5. The first-order valence-electron chi connectivity index (χ1n) is 9.62. The maximum absolute atomic E-state index is 11.5. The molecule has 0 spiro atoms. The normalized spacial score (nSPS) is 51.8. The molecule has 5 nitrogen and oxygen atoms in total. The maximum atomic E-state index is 11.5. The summed E-state index contributed by atoms with van der Waals surface area (Å²) >= 11 is 0. The highest BCUT2D eigenvalue weighted by Crippen LogP contribution is 2.62. The van der Waals surface area contributed by atoms with Gasteiger partial charge in [0.25, 0.3) is 0 Å². The molecule has 1 heterocycles. The van der Waals surface area contributed by atoms with Gasteiger partial charge in [-0.25, -0.2) is 0 Å². The van der Waals surface area contributed by atoms with Crippen LogP contribution in [0.25, 0.3) is 0 Å². The van der Waals surface area contributed by atoms with Gasteiger partial charge in [-0.3, -0.25) is 4.79 Å². The van der Waals surface area contributed by atoms with E-state index in [1.54, 1.807) is 0 Å². The Hall–Kier alpha value is -0.910. The van der Waals surface area contributed by atoms with Crippen LogP contribution in [-0.4, -0.2) is 47.2 Å². The zero-order valence-corrected chi connectivity index (χ0v) is 15.4. The van der Waals surface area contributed by atoms with Crippen molar-refractivity contribution in [3.8, 4) is 0 Å². The van der Waals surface area contributed by atoms with E-state index in [2.05, 4.69) is 13.8 Å². The van der Waals surface area contributed by atoms with Gasteiger partial charge in [0.05, 0.1) is 24.9 Å². The van der Waals surface area contributed by atoms with Crippen LogP contribution in [-0.2, 0) is 14.3 Å². The maximum Gasteiger partial charge on any atom is 0.303 e. The Labute approximate surface area is 149 Å². The van der Waals surface area contributed by atoms with Crippen LogP contribution in [0.3, 0.4) is 0 Å². The molecule has 0 aromatic carbocycles. The second-order valence-corrected chi connectivity index (χ2v) is 9.08. The summed E-state index contributed by atoms with van der Waals surface area (Å²) in [5.41, 5.74) is 1.02. The van der Waals surface area contributed by atoms with Gasteiger partial charge in [-0.15, -0.1) is 0 Å². The number of rotatable bonds is 1. The fourth-order valence-electron chi connectivity index (χ4n) is 6.22. The van der Waals surface area contributed by atoms with Crippen LogP contribution in [0.5, 0.6) is 0 Å². The van der Waals surface area contributed by atoms with Crippen LogP contribution >= 0.6 is 0 Å². The molecule has 0 aromatic rings. The number of fused-ring (bicyclic) bond motifs is 5. The monoisotopic (exact) mass is 350 g/mol. The summed E-state index contributed by atoms with van der Waals surface area (Å²) in [6.45, 7) is 6.31. The molecule has 1 aliphatic heterocycles. The van der Waals surface area contributed by atoms with E-state index in [0.29, 0.717) is 18.9 Å². The van der Waals surface area contributed by atoms with Crippen molar-refractivity contribution < 1.29 is 24.5 Å². The number of carbonyl (C=O) groups excluding carboxylic acids is 1. The zero-order chi connectivity index (χ0) is 18.0. The van der Waals surface area contributed by atoms with Crippen LogP contribution in [0.2, 0.25) is 0 Å². The summed E-state index contributed by atoms with van der Waals surface area (Å²) in [5.74, 6) is 0.115. The van der Waals surface area contributed by atoms with Gasteiger partial charge in [0.2, 0.25) is 0 Å². The van der Waals surface area contributed by atoms with E-state index in [-0.39, 0.29) is 41.0 Å². The molecule has 25 heavy (non-hydrogen) atoms. The van der Waals surface area contributed by atoms with E-state index in [0.717, 1.165) is 25.7 Å². The smallest absolute Gasteiger partial charge is 0.303 e. The molecular weight excluding hydrogens is 320 g/mol. The zero-order valence-electron chi connectivity index (χ0n) is 15.4. The summed E-state index contributed by atoms with van der Waals surface area (Å²) < 4.78 is 11.7. The number of carbonyl (C=O) groups is 1. The molecule has 3 aliphatic carbocycles. The van der Waals surface area contributed by atoms with Crippen molar-refractivity contribution in [1.82, 2.24) is 0 Å². The number of esters is 1. The molecule has 0 aromatic heterocycles. The predicted octanol–water partition coefficient (Wildman–Crippen LogP) is 2.20. The summed E-state index contributed by atoms with van der Waals surface area (Å²) in [5, 5.41) is 21.0. The molecule has 8 atom stereocenters. The van der Waals surface area contributed by atoms with Crippen molar-refractivity contribution in [3.63, 3.8) is 0 Å². The van der Waals surface area contributed by atoms with Gasteiger partial charge in [0.1, 0.15) is 6.10 Å². The molecule has 2 saturated carbocycles. The highest BCUT2D eigenvalue weighted by molar-refractivity contribution is 5.66. The quantitative estimate of drug-likeness (QED) is 0.560. The minimum atomic E-state index is -0.556. The first-order valence-corrected chi connectivity index (χ1v) is 9.62. The van der Waals surface area contributed by atoms with Gasteiger partial charge in [-0.1, -0.05) is 25.5 Å². The fourth-order valence-corrected chi connectivity index (χ4v) is 6.22. The van der Waals surface area contributed by atoms with E-state index in [1.807, 2.05) is 6.08 Å². The predicted molar refractivity (Wildman–Crippen MR) is 91.7 cm³/mol. The minimum absolute atomic E-state index is 0.0308. The first kappa shape index (κ1) is 17.5. The standard InChI is InChI=1S/C20H30O5/c1-11(21)25-16-10-24-18-17-14(5-7-20(16,18)3)19(2)6-4-13(22)8-12(19)9-15(17)23/h9,13-18,22-23H,4-8,10H2,1-3H3/t13-,14?,15?,16-,17?,18?,19-,20+/m0/s1. The Morgan fingerprint density at radius 1 is 1.28 bits per heavy atom. The Balaban J connectivity index is 1.67. The molecule has 3 fully saturated rings. The third kappa shape index (κ3) is 2.50. The van der Waals surface area contributed by atoms with Crippen LogP contribution in [0.15, 0.2) is 11.6 Å². The van der Waals surface area contributed by atoms with Crippen molar-refractivity contribution in [2.24, 2.45) is 22.7 Å². The van der Waals surface area contributed by atoms with E-state index in [1.165, 1.54) is 12.5 Å². The Bertz CT molecular complexity index is 601. The summed E-state index contributed by atoms with van der Waals surface area (Å²) in [7, 11) is 0. The average molecular weight is 350 g/mol. The van der Waals surface area contributed by atoms with E-state index >= 15 is 0 Å². The molecule has 4 rings (SSSR count). The SMILES string of the molecule is CC(=O)O[C@H]1COC2C3C(O)C=C4C[C@@H](O)CC[C@]4(C)C3CC[C@@]21C. The summed E-state index contributed by atoms with van der Waals surface area (Å²) in [4.78, 5) is 11.5. The van der Waals surface area contributed by atoms with E-state index in [9.17, 15) is 15.0 Å². The van der Waals surface area contributed by atoms with E-state index in [4.69, 9.17) is 9.47 Å². The van der Waals surface area contributed by atoms with Gasteiger partial charge in [0.15, 0.2) is 0 Å². The topological polar surface area (TPSA) is 76.0 Å². The second kappa shape index (κ2) is 5.80. The number of hydrogen-bond acceptors (Lipinski definition) is 5. The van der Waals surface area contributed by atoms with Crippen LogP contribution in [0.4, 0.5) is 0 Å². The van der Waals surface area contributed by atoms with Gasteiger partial charge in [0, 0.05) is 18.3 Å². The molecule has 4 aliphatic rings. The Morgan fingerprint density at radius 3 is 2.76 bits per heavy atom. The molecule has 4 unspecified atom stereocenters. The molecule has 2 N–H and O–H groups in total. The van der Waals surface area contributed by atoms with Crippen LogP contribution < -0.4 is 0 Å². The van der Waals surface area contributed by atoms with Gasteiger partial charge in [-0.2, -0.15) is 0 Å². The summed E-state index contributed by atoms with van der Waals surface area (Å²) in [6.07, 6.45) is 5.23. The third-order valence-electron chi connectivity index (χ3n) is 7.70. The number of ether oxygens (including phenoxy) is 2. The van der Waals surface area contributed by atoms with Crippen molar-refractivity contribution in [3.05, 3.63) is 11.6 Å². The number of aliphatic hydroxyl groups excluding tert-OH is 2. The summed E-state index contributed by atoms with van der Waals surface area (Å²) in [6, 6.07) is 0. The lowest BCUT2D eigenvalue weighted by Crippen LogP contribution is -2.58. The van der Waals surface area contributed by atoms with Crippen molar-refractivity contribution >= 4 is 5.97 Å². The highest BCUT2D eigenvalue weighted by atomic mass is 16.6. The van der Waals surface area contributed by atoms with E-state index < -0.39 is 6.10 Å². The first-order chi connectivity index (χ1) is 11.8. The van der Waals surface area contributed by atoms with Crippen LogP contribution in [0.1, 0.15) is 52.9 Å². The van der Waals surface area contributed by atoms with Crippen LogP contribution in [0, 0.1) is 22.7 Å².